The minimum absolute atomic E-state index is 0.177. The predicted molar refractivity (Wildman–Crippen MR) is 187 cm³/mol. The van der Waals surface area contributed by atoms with Crippen LogP contribution in [0.5, 0.6) is 11.5 Å². The number of pyridine rings is 2. The maximum Gasteiger partial charge on any atom is 0.224 e. The Bertz CT molecular complexity index is 1840. The molecule has 15 heteroatoms. The van der Waals surface area contributed by atoms with Crippen molar-refractivity contribution in [1.82, 2.24) is 29.9 Å². The number of halogens is 5. The fraction of sp³-hybridized carbons (Fsp3) is 0.0625. The van der Waals surface area contributed by atoms with Crippen LogP contribution in [0.25, 0.3) is 0 Å². The van der Waals surface area contributed by atoms with Crippen LogP contribution in [0.2, 0.25) is 25.8 Å². The zero-order valence-corrected chi connectivity index (χ0v) is 28.1. The van der Waals surface area contributed by atoms with E-state index in [1.807, 2.05) is 42.5 Å². The van der Waals surface area contributed by atoms with Crippen LogP contribution < -0.4 is 20.5 Å². The Kier molecular flexibility index (Phi) is 14.0. The number of nitrogens with zero attached hydrogens (tertiary/aromatic N) is 6. The number of nitrogens with one attached hydrogen (secondary N) is 1. The monoisotopic (exact) mass is 728 g/mol. The van der Waals surface area contributed by atoms with E-state index in [0.717, 1.165) is 17.1 Å². The Labute approximate surface area is 295 Å². The Morgan fingerprint density at radius 1 is 0.574 bits per heavy atom. The maximum atomic E-state index is 6.25. The smallest absolute Gasteiger partial charge is 0.224 e. The largest absolute Gasteiger partial charge is 0.486 e. The molecule has 0 spiro atoms. The average molecular weight is 731 g/mol. The third-order valence-corrected chi connectivity index (χ3v) is 6.75. The number of aromatic nitrogens is 6. The van der Waals surface area contributed by atoms with E-state index in [1.165, 1.54) is 6.20 Å². The standard InChI is InChI=1S/C16H12Cl2N4O.C12H11ClN2O.C4H2Cl2N2/c17-13-9-11(21-15-6-8-20-16(18)22-15)4-5-14(13)23-10-12-3-1-2-7-19-12;13-11-7-9(14)4-5-12(11)16-8-10-3-1-2-6-15-10;5-3-1-2-7-4(6)8-3/h1-9H,10H2,(H,20,21,22);1-7H,8,14H2;1-2H. The Hall–Kier alpha value is -4.45. The first kappa shape index (κ1) is 35.4. The summed E-state index contributed by atoms with van der Waals surface area (Å²) in [4.78, 5) is 23.4. The summed E-state index contributed by atoms with van der Waals surface area (Å²) in [5.41, 5.74) is 8.67. The van der Waals surface area contributed by atoms with Crippen LogP contribution in [0.15, 0.2) is 110 Å². The lowest BCUT2D eigenvalue weighted by molar-refractivity contribution is 0.301. The first-order chi connectivity index (χ1) is 22.7. The van der Waals surface area contributed by atoms with Gasteiger partial charge >= 0.3 is 0 Å². The van der Waals surface area contributed by atoms with Crippen LogP contribution in [-0.2, 0) is 13.2 Å². The minimum Gasteiger partial charge on any atom is -0.486 e. The molecule has 0 saturated heterocycles. The van der Waals surface area contributed by atoms with Crippen LogP contribution in [0.4, 0.5) is 17.2 Å². The van der Waals surface area contributed by atoms with Gasteiger partial charge in [0, 0.05) is 36.2 Å². The van der Waals surface area contributed by atoms with Crippen LogP contribution in [0, 0.1) is 0 Å². The molecule has 0 bridgehead atoms. The van der Waals surface area contributed by atoms with Crippen molar-refractivity contribution >= 4 is 75.2 Å². The molecule has 0 atom stereocenters. The van der Waals surface area contributed by atoms with Gasteiger partial charge in [0.1, 0.15) is 35.7 Å². The van der Waals surface area contributed by atoms with Crippen LogP contribution in [-0.4, -0.2) is 29.9 Å². The van der Waals surface area contributed by atoms with Crippen molar-refractivity contribution in [2.75, 3.05) is 11.1 Å². The molecule has 6 aromatic rings. The van der Waals surface area contributed by atoms with Gasteiger partial charge < -0.3 is 20.5 Å². The predicted octanol–water partition coefficient (Wildman–Crippen LogP) is 9.18. The summed E-state index contributed by atoms with van der Waals surface area (Å²) in [5, 5.41) is 4.82. The third kappa shape index (κ3) is 12.7. The highest BCUT2D eigenvalue weighted by Crippen LogP contribution is 2.30. The second-order valence-corrected chi connectivity index (χ2v) is 10.9. The molecule has 3 N–H and O–H groups in total. The van der Waals surface area contributed by atoms with Crippen molar-refractivity contribution in [2.24, 2.45) is 0 Å². The number of benzene rings is 2. The van der Waals surface area contributed by atoms with E-state index in [2.05, 4.69) is 35.2 Å². The summed E-state index contributed by atoms with van der Waals surface area (Å²) < 4.78 is 11.2. The summed E-state index contributed by atoms with van der Waals surface area (Å²) in [7, 11) is 0. The molecule has 4 heterocycles. The molecular weight excluding hydrogens is 706 g/mol. The van der Waals surface area contributed by atoms with Gasteiger partial charge in [-0.25, -0.2) is 19.9 Å². The van der Waals surface area contributed by atoms with E-state index in [9.17, 15) is 0 Å². The molecule has 4 aromatic heterocycles. The van der Waals surface area contributed by atoms with Crippen molar-refractivity contribution in [3.05, 3.63) is 147 Å². The zero-order chi connectivity index (χ0) is 33.4. The van der Waals surface area contributed by atoms with Gasteiger partial charge in [-0.3, -0.25) is 9.97 Å². The lowest BCUT2D eigenvalue weighted by Gasteiger charge is -2.10. The normalized spacial score (nSPS) is 10.1. The third-order valence-electron chi connectivity index (χ3n) is 5.58. The van der Waals surface area contributed by atoms with E-state index < -0.39 is 0 Å². The van der Waals surface area contributed by atoms with Crippen molar-refractivity contribution in [3.8, 4) is 11.5 Å². The summed E-state index contributed by atoms with van der Waals surface area (Å²) in [6.07, 6.45) is 6.52. The Morgan fingerprint density at radius 3 is 1.64 bits per heavy atom. The van der Waals surface area contributed by atoms with Crippen LogP contribution in [0.3, 0.4) is 0 Å². The SMILES string of the molecule is Clc1ccnc(Cl)n1.Clc1nccc(Nc2ccc(OCc3ccccn3)c(Cl)c2)n1.Nc1ccc(OCc2ccccn2)c(Cl)c1. The number of hydrogen-bond acceptors (Lipinski definition) is 10. The molecule has 0 amide bonds. The zero-order valence-electron chi connectivity index (χ0n) is 24.3. The highest BCUT2D eigenvalue weighted by Gasteiger charge is 2.06. The van der Waals surface area contributed by atoms with Crippen LogP contribution in [0.1, 0.15) is 11.4 Å². The van der Waals surface area contributed by atoms with E-state index in [0.29, 0.717) is 51.4 Å². The molecule has 0 aliphatic carbocycles. The molecule has 240 valence electrons. The molecule has 0 saturated carbocycles. The van der Waals surface area contributed by atoms with Gasteiger partial charge in [-0.2, -0.15) is 0 Å². The quantitative estimate of drug-likeness (QED) is 0.0887. The first-order valence-electron chi connectivity index (χ1n) is 13.5. The summed E-state index contributed by atoms with van der Waals surface area (Å²) in [5.74, 6) is 1.79. The van der Waals surface area contributed by atoms with E-state index in [-0.39, 0.29) is 10.6 Å². The van der Waals surface area contributed by atoms with Crippen molar-refractivity contribution in [3.63, 3.8) is 0 Å². The number of anilines is 3. The van der Waals surface area contributed by atoms with E-state index in [1.54, 1.807) is 61.1 Å². The molecule has 47 heavy (non-hydrogen) atoms. The van der Waals surface area contributed by atoms with Gasteiger partial charge in [0.2, 0.25) is 10.6 Å². The molecule has 0 unspecified atom stereocenters. The fourth-order valence-corrected chi connectivity index (χ4v) is 4.42. The van der Waals surface area contributed by atoms with Gasteiger partial charge in [0.05, 0.1) is 21.4 Å². The van der Waals surface area contributed by atoms with Crippen molar-refractivity contribution in [1.29, 1.82) is 0 Å². The molecule has 0 radical (unpaired) electrons. The Balaban J connectivity index is 0.000000180. The second kappa shape index (κ2) is 18.6. The van der Waals surface area contributed by atoms with Crippen LogP contribution >= 0.6 is 58.0 Å². The van der Waals surface area contributed by atoms with E-state index >= 15 is 0 Å². The van der Waals surface area contributed by atoms with Gasteiger partial charge in [0.25, 0.3) is 0 Å². The Morgan fingerprint density at radius 2 is 1.15 bits per heavy atom. The van der Waals surface area contributed by atoms with Crippen molar-refractivity contribution < 1.29 is 9.47 Å². The number of rotatable bonds is 8. The molecule has 0 aliphatic rings. The highest BCUT2D eigenvalue weighted by atomic mass is 35.5. The second-order valence-electron chi connectivity index (χ2n) is 9.04. The van der Waals surface area contributed by atoms with Crippen molar-refractivity contribution in [2.45, 2.75) is 13.2 Å². The molecule has 0 fully saturated rings. The topological polar surface area (TPSA) is 134 Å². The highest BCUT2D eigenvalue weighted by molar-refractivity contribution is 6.33. The summed E-state index contributed by atoms with van der Waals surface area (Å²) >= 11 is 28.7. The molecule has 0 aliphatic heterocycles. The maximum absolute atomic E-state index is 6.25. The fourth-order valence-electron chi connectivity index (χ4n) is 3.47. The lowest BCUT2D eigenvalue weighted by atomic mass is 10.3. The van der Waals surface area contributed by atoms with E-state index in [4.69, 9.17) is 73.2 Å². The minimum atomic E-state index is 0.177. The van der Waals surface area contributed by atoms with Gasteiger partial charge in [-0.15, -0.1) is 0 Å². The molecular formula is C32H25Cl5N8O2. The summed E-state index contributed by atoms with van der Waals surface area (Å²) in [6.45, 7) is 0.749. The number of nitrogen functional groups attached to an aromatic ring is 1. The lowest BCUT2D eigenvalue weighted by Crippen LogP contribution is -1.99. The first-order valence-corrected chi connectivity index (χ1v) is 15.4. The van der Waals surface area contributed by atoms with Gasteiger partial charge in [0.15, 0.2) is 0 Å². The number of nitrogens with two attached hydrogens (primary N) is 1. The molecule has 10 nitrogen and oxygen atoms in total. The molecule has 2 aromatic carbocycles. The van der Waals surface area contributed by atoms with Gasteiger partial charge in [-0.1, -0.05) is 46.9 Å². The summed E-state index contributed by atoms with van der Waals surface area (Å²) in [6, 6.07) is 25.2. The number of ether oxygens (including phenoxy) is 2. The number of hydrogen-bond donors (Lipinski definition) is 2. The van der Waals surface area contributed by atoms with Gasteiger partial charge in [-0.05, 0) is 96.0 Å². The average Bonchev–Trinajstić information content (AvgIpc) is 3.06. The molecule has 6 rings (SSSR count).